The van der Waals surface area contributed by atoms with Gasteiger partial charge >= 0.3 is 0 Å². The largest absolute Gasteiger partial charge is 0.326 e. The van der Waals surface area contributed by atoms with Gasteiger partial charge in [-0.2, -0.15) is 4.31 Å². The second kappa shape index (κ2) is 8.91. The van der Waals surface area contributed by atoms with Gasteiger partial charge in [0.1, 0.15) is 11.2 Å². The van der Waals surface area contributed by atoms with E-state index < -0.39 is 10.0 Å². The van der Waals surface area contributed by atoms with Crippen LogP contribution in [0, 0.1) is 5.92 Å². The van der Waals surface area contributed by atoms with Crippen LogP contribution < -0.4 is 5.32 Å². The van der Waals surface area contributed by atoms with Crippen molar-refractivity contribution in [2.75, 3.05) is 18.4 Å². The van der Waals surface area contributed by atoms with Crippen LogP contribution in [-0.4, -0.2) is 51.9 Å². The fourth-order valence-corrected chi connectivity index (χ4v) is 5.63. The van der Waals surface area contributed by atoms with Crippen LogP contribution in [-0.2, 0) is 14.8 Å². The number of hydrogen-bond donors (Lipinski definition) is 1. The van der Waals surface area contributed by atoms with Gasteiger partial charge in [0.25, 0.3) is 0 Å². The van der Waals surface area contributed by atoms with E-state index in [0.717, 1.165) is 0 Å². The van der Waals surface area contributed by atoms with Gasteiger partial charge in [-0.15, -0.1) is 5.10 Å². The Morgan fingerprint density at radius 1 is 1.10 bits per heavy atom. The lowest BCUT2D eigenvalue weighted by atomic mass is 9.97. The van der Waals surface area contributed by atoms with Crippen molar-refractivity contribution in [1.82, 2.24) is 24.5 Å². The number of nitrogens with zero attached hydrogens (tertiary/aromatic N) is 5. The summed E-state index contributed by atoms with van der Waals surface area (Å²) in [6.45, 7) is 0.432. The molecule has 9 nitrogen and oxygen atoms in total. The van der Waals surface area contributed by atoms with E-state index in [-0.39, 0.29) is 34.8 Å². The molecule has 1 amide bonds. The number of aromatic nitrogens is 4. The predicted molar refractivity (Wildman–Crippen MR) is 116 cm³/mol. The van der Waals surface area contributed by atoms with E-state index in [1.54, 1.807) is 18.2 Å². The summed E-state index contributed by atoms with van der Waals surface area (Å²) >= 11 is 12.0. The van der Waals surface area contributed by atoms with Gasteiger partial charge in [0.05, 0.1) is 10.7 Å². The molecule has 162 valence electrons. The second-order valence-electron chi connectivity index (χ2n) is 7.05. The first-order chi connectivity index (χ1) is 14.8. The first-order valence-electron chi connectivity index (χ1n) is 9.44. The molecule has 0 bridgehead atoms. The van der Waals surface area contributed by atoms with E-state index in [1.165, 1.54) is 33.5 Å². The molecule has 0 aliphatic carbocycles. The zero-order valence-corrected chi connectivity index (χ0v) is 18.5. The topological polar surface area (TPSA) is 110 Å². The Balaban J connectivity index is 1.40. The minimum absolute atomic E-state index is 0.0241. The Bertz CT molecular complexity index is 1200. The van der Waals surface area contributed by atoms with Crippen LogP contribution in [0.3, 0.4) is 0 Å². The summed E-state index contributed by atoms with van der Waals surface area (Å²) < 4.78 is 28.7. The van der Waals surface area contributed by atoms with Crippen LogP contribution in [0.5, 0.6) is 0 Å². The predicted octanol–water partition coefficient (Wildman–Crippen LogP) is 3.01. The van der Waals surface area contributed by atoms with E-state index in [0.29, 0.717) is 29.2 Å². The first kappa shape index (κ1) is 21.7. The Labute approximate surface area is 189 Å². The van der Waals surface area contributed by atoms with Gasteiger partial charge in [0, 0.05) is 29.7 Å². The van der Waals surface area contributed by atoms with Gasteiger partial charge in [-0.05, 0) is 59.7 Å². The van der Waals surface area contributed by atoms with Gasteiger partial charge in [0.2, 0.25) is 15.9 Å². The SMILES string of the molecule is O=C(Nc1cccc(-n2cnnn2)c1)C1CCN(S(=O)(=O)c2cc(Cl)ccc2Cl)CC1. The monoisotopic (exact) mass is 480 g/mol. The molecule has 1 aliphatic heterocycles. The number of hydrogen-bond acceptors (Lipinski definition) is 6. The molecule has 0 radical (unpaired) electrons. The molecule has 31 heavy (non-hydrogen) atoms. The number of anilines is 1. The van der Waals surface area contributed by atoms with Gasteiger partial charge < -0.3 is 5.32 Å². The number of rotatable bonds is 5. The third-order valence-electron chi connectivity index (χ3n) is 5.06. The molecule has 12 heteroatoms. The maximum absolute atomic E-state index is 12.9. The van der Waals surface area contributed by atoms with Crippen molar-refractivity contribution in [2.45, 2.75) is 17.7 Å². The molecule has 0 saturated carbocycles. The van der Waals surface area contributed by atoms with E-state index >= 15 is 0 Å². The molecule has 1 aromatic heterocycles. The van der Waals surface area contributed by atoms with Crippen LogP contribution in [0.2, 0.25) is 10.0 Å². The third kappa shape index (κ3) is 4.72. The molecule has 4 rings (SSSR count). The second-order valence-corrected chi connectivity index (χ2v) is 9.80. The first-order valence-corrected chi connectivity index (χ1v) is 11.6. The highest BCUT2D eigenvalue weighted by Crippen LogP contribution is 2.30. The maximum Gasteiger partial charge on any atom is 0.244 e. The minimum atomic E-state index is -3.79. The number of benzene rings is 2. The Kier molecular flexibility index (Phi) is 6.24. The fraction of sp³-hybridized carbons (Fsp3) is 0.263. The number of nitrogens with one attached hydrogen (secondary N) is 1. The maximum atomic E-state index is 12.9. The van der Waals surface area contributed by atoms with Gasteiger partial charge in [-0.1, -0.05) is 29.3 Å². The molecule has 1 aliphatic rings. The van der Waals surface area contributed by atoms with Crippen molar-refractivity contribution < 1.29 is 13.2 Å². The van der Waals surface area contributed by atoms with Crippen molar-refractivity contribution >= 4 is 44.8 Å². The lowest BCUT2D eigenvalue weighted by Crippen LogP contribution is -2.41. The van der Waals surface area contributed by atoms with Crippen LogP contribution in [0.15, 0.2) is 53.7 Å². The van der Waals surface area contributed by atoms with Crippen molar-refractivity contribution in [3.63, 3.8) is 0 Å². The number of halogens is 2. The summed E-state index contributed by atoms with van der Waals surface area (Å²) in [5.74, 6) is -0.468. The lowest BCUT2D eigenvalue weighted by Gasteiger charge is -2.30. The molecular formula is C19H18Cl2N6O3S. The molecule has 0 atom stereocenters. The average Bonchev–Trinajstić information content (AvgIpc) is 3.31. The number of tetrazole rings is 1. The van der Waals surface area contributed by atoms with Crippen LogP contribution in [0.1, 0.15) is 12.8 Å². The van der Waals surface area contributed by atoms with Crippen molar-refractivity contribution in [3.05, 3.63) is 58.8 Å². The summed E-state index contributed by atoms with van der Waals surface area (Å²) in [7, 11) is -3.79. The van der Waals surface area contributed by atoms with E-state index in [2.05, 4.69) is 20.8 Å². The van der Waals surface area contributed by atoms with Crippen molar-refractivity contribution in [2.24, 2.45) is 5.92 Å². The summed E-state index contributed by atoms with van der Waals surface area (Å²) in [4.78, 5) is 12.7. The normalized spacial score (nSPS) is 15.7. The summed E-state index contributed by atoms with van der Waals surface area (Å²) in [6.07, 6.45) is 2.26. The van der Waals surface area contributed by atoms with E-state index in [4.69, 9.17) is 23.2 Å². The molecule has 1 fully saturated rings. The highest BCUT2D eigenvalue weighted by Gasteiger charge is 2.33. The Hall–Kier alpha value is -2.53. The van der Waals surface area contributed by atoms with Crippen molar-refractivity contribution in [3.8, 4) is 5.69 Å². The summed E-state index contributed by atoms with van der Waals surface area (Å²) in [6, 6.07) is 11.5. The van der Waals surface area contributed by atoms with Crippen LogP contribution in [0.25, 0.3) is 5.69 Å². The van der Waals surface area contributed by atoms with Crippen LogP contribution >= 0.6 is 23.2 Å². The summed E-state index contributed by atoms with van der Waals surface area (Å²) in [5, 5.41) is 14.3. The molecule has 1 N–H and O–H groups in total. The Morgan fingerprint density at radius 2 is 1.87 bits per heavy atom. The minimum Gasteiger partial charge on any atom is -0.326 e. The molecule has 3 aromatic rings. The standard InChI is InChI=1S/C19H18Cl2N6O3S/c20-14-4-5-17(21)18(10-14)31(29,30)26-8-6-13(7-9-26)19(28)23-15-2-1-3-16(11-15)27-12-22-24-25-27/h1-5,10-13H,6-9H2,(H,23,28). The van der Waals surface area contributed by atoms with Gasteiger partial charge in [-0.25, -0.2) is 13.1 Å². The number of piperidine rings is 1. The number of carbonyl (C=O) groups excluding carboxylic acids is 1. The van der Waals surface area contributed by atoms with Crippen molar-refractivity contribution in [1.29, 1.82) is 0 Å². The molecule has 2 heterocycles. The lowest BCUT2D eigenvalue weighted by molar-refractivity contribution is -0.120. The van der Waals surface area contributed by atoms with Gasteiger partial charge in [-0.3, -0.25) is 4.79 Å². The highest BCUT2D eigenvalue weighted by atomic mass is 35.5. The number of carbonyl (C=O) groups is 1. The Morgan fingerprint density at radius 3 is 2.58 bits per heavy atom. The third-order valence-corrected chi connectivity index (χ3v) is 7.68. The van der Waals surface area contributed by atoms with E-state index in [1.807, 2.05) is 6.07 Å². The fourth-order valence-electron chi connectivity index (χ4n) is 3.42. The van der Waals surface area contributed by atoms with Crippen LogP contribution in [0.4, 0.5) is 5.69 Å². The molecule has 0 unspecified atom stereocenters. The molecule has 2 aromatic carbocycles. The number of amides is 1. The van der Waals surface area contributed by atoms with Gasteiger partial charge in [0.15, 0.2) is 0 Å². The molecule has 0 spiro atoms. The summed E-state index contributed by atoms with van der Waals surface area (Å²) in [5.41, 5.74) is 1.32. The zero-order chi connectivity index (χ0) is 22.0. The zero-order valence-electron chi connectivity index (χ0n) is 16.1. The smallest absolute Gasteiger partial charge is 0.244 e. The average molecular weight is 481 g/mol. The quantitative estimate of drug-likeness (QED) is 0.600. The highest BCUT2D eigenvalue weighted by molar-refractivity contribution is 7.89. The molecule has 1 saturated heterocycles. The number of sulfonamides is 1. The van der Waals surface area contributed by atoms with E-state index in [9.17, 15) is 13.2 Å². The molecular weight excluding hydrogens is 463 g/mol.